The molecule has 0 amide bonds. The number of nitrogens with zero attached hydrogens (tertiary/aromatic N) is 2. The molecule has 0 aliphatic carbocycles. The molecule has 0 aliphatic rings. The topological polar surface area (TPSA) is 47.8 Å². The summed E-state index contributed by atoms with van der Waals surface area (Å²) < 4.78 is 13.4. The Bertz CT molecular complexity index is 735. The predicted molar refractivity (Wildman–Crippen MR) is 83.5 cm³/mol. The van der Waals surface area contributed by atoms with E-state index in [9.17, 15) is 0 Å². The number of aromatic nitrogens is 2. The fraction of sp³-hybridized carbons (Fsp3) is 0.267. The van der Waals surface area contributed by atoms with Crippen LogP contribution in [0.3, 0.4) is 0 Å². The summed E-state index contributed by atoms with van der Waals surface area (Å²) in [5, 5.41) is 5.34. The van der Waals surface area contributed by atoms with Gasteiger partial charge in [-0.2, -0.15) is 4.98 Å². The Kier molecular flexibility index (Phi) is 4.08. The van der Waals surface area contributed by atoms with Gasteiger partial charge in [0, 0.05) is 18.1 Å². The van der Waals surface area contributed by atoms with Gasteiger partial charge >= 0.3 is 0 Å². The molecule has 0 aliphatic heterocycles. The average molecular weight is 303 g/mol. The lowest BCUT2D eigenvalue weighted by molar-refractivity contribution is 0.373. The number of imidazole rings is 1. The van der Waals surface area contributed by atoms with Crippen molar-refractivity contribution in [2.45, 2.75) is 13.5 Å². The van der Waals surface area contributed by atoms with Crippen molar-refractivity contribution >= 4 is 16.3 Å². The van der Waals surface area contributed by atoms with Crippen LogP contribution >= 0.6 is 11.3 Å². The normalized spacial score (nSPS) is 11.0. The number of hydrogen-bond acceptors (Lipinski definition) is 5. The molecule has 1 N–H and O–H groups in total. The van der Waals surface area contributed by atoms with Gasteiger partial charge in [0.25, 0.3) is 0 Å². The number of benzene rings is 1. The van der Waals surface area contributed by atoms with Gasteiger partial charge in [-0.3, -0.25) is 4.40 Å². The third-order valence-electron chi connectivity index (χ3n) is 3.14. The Morgan fingerprint density at radius 3 is 2.86 bits per heavy atom. The van der Waals surface area contributed by atoms with Crippen molar-refractivity contribution in [3.63, 3.8) is 0 Å². The second kappa shape index (κ2) is 6.15. The van der Waals surface area contributed by atoms with Crippen LogP contribution < -0.4 is 14.8 Å². The number of ether oxygens (including phenoxy) is 2. The highest BCUT2D eigenvalue weighted by Gasteiger charge is 2.16. The van der Waals surface area contributed by atoms with Crippen molar-refractivity contribution in [2.75, 3.05) is 13.7 Å². The van der Waals surface area contributed by atoms with Gasteiger partial charge in [0.2, 0.25) is 5.88 Å². The first kappa shape index (κ1) is 13.9. The summed E-state index contributed by atoms with van der Waals surface area (Å²) in [5.74, 6) is 1.99. The molecule has 110 valence electrons. The lowest BCUT2D eigenvalue weighted by atomic mass is 10.3. The van der Waals surface area contributed by atoms with Crippen LogP contribution in [0.25, 0.3) is 4.96 Å². The molecule has 21 heavy (non-hydrogen) atoms. The van der Waals surface area contributed by atoms with Crippen LogP contribution in [0.1, 0.15) is 12.6 Å². The van der Waals surface area contributed by atoms with E-state index in [4.69, 9.17) is 9.47 Å². The van der Waals surface area contributed by atoms with Crippen molar-refractivity contribution in [1.29, 1.82) is 0 Å². The van der Waals surface area contributed by atoms with Gasteiger partial charge < -0.3 is 14.8 Å². The molecule has 2 heterocycles. The summed E-state index contributed by atoms with van der Waals surface area (Å²) in [7, 11) is 1.63. The number of nitrogens with one attached hydrogen (secondary N) is 1. The fourth-order valence-corrected chi connectivity index (χ4v) is 2.83. The van der Waals surface area contributed by atoms with Crippen molar-refractivity contribution in [3.8, 4) is 17.4 Å². The van der Waals surface area contributed by atoms with Crippen molar-refractivity contribution in [1.82, 2.24) is 14.7 Å². The predicted octanol–water partition coefficient (Wildman–Crippen LogP) is 3.31. The van der Waals surface area contributed by atoms with E-state index in [2.05, 4.69) is 21.6 Å². The van der Waals surface area contributed by atoms with E-state index in [1.807, 2.05) is 35.8 Å². The lowest BCUT2D eigenvalue weighted by Crippen LogP contribution is -2.13. The molecule has 3 rings (SSSR count). The first-order chi connectivity index (χ1) is 10.3. The molecule has 0 atom stereocenters. The molecule has 0 saturated carbocycles. The maximum absolute atomic E-state index is 5.98. The average Bonchev–Trinajstić information content (AvgIpc) is 3.07. The van der Waals surface area contributed by atoms with Gasteiger partial charge in [-0.05, 0) is 18.7 Å². The highest BCUT2D eigenvalue weighted by atomic mass is 32.1. The second-order valence-corrected chi connectivity index (χ2v) is 5.33. The molecule has 6 heteroatoms. The number of rotatable bonds is 6. The van der Waals surface area contributed by atoms with E-state index in [-0.39, 0.29) is 0 Å². The van der Waals surface area contributed by atoms with Crippen LogP contribution in [0, 0.1) is 0 Å². The van der Waals surface area contributed by atoms with Gasteiger partial charge in [0.05, 0.1) is 7.11 Å². The van der Waals surface area contributed by atoms with Crippen molar-refractivity contribution < 1.29 is 9.47 Å². The van der Waals surface area contributed by atoms with Crippen LogP contribution in [0.2, 0.25) is 0 Å². The Morgan fingerprint density at radius 2 is 2.10 bits per heavy atom. The second-order valence-electron chi connectivity index (χ2n) is 4.45. The summed E-state index contributed by atoms with van der Waals surface area (Å²) >= 11 is 1.59. The number of hydrogen-bond donors (Lipinski definition) is 1. The quantitative estimate of drug-likeness (QED) is 0.759. The molecule has 5 nitrogen and oxygen atoms in total. The van der Waals surface area contributed by atoms with Crippen LogP contribution in [0.15, 0.2) is 35.8 Å². The van der Waals surface area contributed by atoms with Crippen molar-refractivity contribution in [3.05, 3.63) is 41.5 Å². The molecule has 1 aromatic carbocycles. The molecule has 0 bridgehead atoms. The maximum atomic E-state index is 5.98. The zero-order valence-electron chi connectivity index (χ0n) is 12.0. The number of methoxy groups -OCH3 is 1. The van der Waals surface area contributed by atoms with Crippen LogP contribution in [-0.4, -0.2) is 23.0 Å². The van der Waals surface area contributed by atoms with E-state index in [0.29, 0.717) is 23.9 Å². The zero-order valence-corrected chi connectivity index (χ0v) is 12.8. The van der Waals surface area contributed by atoms with E-state index in [0.717, 1.165) is 17.2 Å². The van der Waals surface area contributed by atoms with Crippen molar-refractivity contribution in [2.24, 2.45) is 0 Å². The van der Waals surface area contributed by atoms with Gasteiger partial charge in [-0.1, -0.05) is 19.1 Å². The summed E-state index contributed by atoms with van der Waals surface area (Å²) in [4.78, 5) is 5.48. The summed E-state index contributed by atoms with van der Waals surface area (Å²) in [6.45, 7) is 3.68. The maximum Gasteiger partial charge on any atom is 0.243 e. The number of fused-ring (bicyclic) bond motifs is 1. The Hall–Kier alpha value is -2.05. The molecular weight excluding hydrogens is 286 g/mol. The van der Waals surface area contributed by atoms with Gasteiger partial charge in [0.1, 0.15) is 5.69 Å². The SMILES string of the molecule is CCNCc1c(Oc2ccccc2OC)nc2sccn12. The molecule has 3 aromatic rings. The van der Waals surface area contributed by atoms with E-state index in [1.165, 1.54) is 0 Å². The van der Waals surface area contributed by atoms with Gasteiger partial charge in [-0.25, -0.2) is 0 Å². The van der Waals surface area contributed by atoms with Gasteiger partial charge in [0.15, 0.2) is 16.5 Å². The number of para-hydroxylation sites is 2. The number of thiazole rings is 1. The van der Waals surface area contributed by atoms with E-state index < -0.39 is 0 Å². The minimum atomic E-state index is 0.618. The minimum Gasteiger partial charge on any atom is -0.493 e. The summed E-state index contributed by atoms with van der Waals surface area (Å²) in [5.41, 5.74) is 1.01. The lowest BCUT2D eigenvalue weighted by Gasteiger charge is -2.09. The van der Waals surface area contributed by atoms with E-state index >= 15 is 0 Å². The van der Waals surface area contributed by atoms with Crippen LogP contribution in [0.5, 0.6) is 17.4 Å². The molecule has 2 aromatic heterocycles. The molecular formula is C15H17N3O2S. The Balaban J connectivity index is 1.97. The molecule has 0 spiro atoms. The first-order valence-electron chi connectivity index (χ1n) is 6.79. The summed E-state index contributed by atoms with van der Waals surface area (Å²) in [6, 6.07) is 7.58. The highest BCUT2D eigenvalue weighted by molar-refractivity contribution is 7.15. The first-order valence-corrected chi connectivity index (χ1v) is 7.67. The fourth-order valence-electron chi connectivity index (χ4n) is 2.11. The standard InChI is InChI=1S/C15H17N3O2S/c1-3-16-10-11-14(17-15-18(11)8-9-21-15)20-13-7-5-4-6-12(13)19-2/h4-9,16H,3,10H2,1-2H3. The van der Waals surface area contributed by atoms with Crippen LogP contribution in [0.4, 0.5) is 0 Å². The smallest absolute Gasteiger partial charge is 0.243 e. The third-order valence-corrected chi connectivity index (χ3v) is 3.90. The van der Waals surface area contributed by atoms with Gasteiger partial charge in [-0.15, -0.1) is 11.3 Å². The van der Waals surface area contributed by atoms with E-state index in [1.54, 1.807) is 18.4 Å². The Morgan fingerprint density at radius 1 is 1.29 bits per heavy atom. The molecule has 0 fully saturated rings. The monoisotopic (exact) mass is 303 g/mol. The molecule has 0 unspecified atom stereocenters. The third kappa shape index (κ3) is 2.72. The van der Waals surface area contributed by atoms with Crippen LogP contribution in [-0.2, 0) is 6.54 Å². The minimum absolute atomic E-state index is 0.618. The molecule has 0 radical (unpaired) electrons. The summed E-state index contributed by atoms with van der Waals surface area (Å²) in [6.07, 6.45) is 2.01. The zero-order chi connectivity index (χ0) is 14.7. The highest BCUT2D eigenvalue weighted by Crippen LogP contribution is 2.33. The Labute approximate surface area is 127 Å². The molecule has 0 saturated heterocycles. The largest absolute Gasteiger partial charge is 0.493 e.